The van der Waals surface area contributed by atoms with Gasteiger partial charge in [0.25, 0.3) is 0 Å². The molecule has 2 unspecified atom stereocenters. The minimum absolute atomic E-state index is 0. The lowest BCUT2D eigenvalue weighted by Crippen LogP contribution is -2.31. The lowest BCUT2D eigenvalue weighted by Gasteiger charge is -2.14. The molecule has 2 amide bonds. The summed E-state index contributed by atoms with van der Waals surface area (Å²) in [4.78, 5) is 26.0. The molecule has 0 aromatic heterocycles. The van der Waals surface area contributed by atoms with Gasteiger partial charge in [-0.1, -0.05) is 42.5 Å². The summed E-state index contributed by atoms with van der Waals surface area (Å²) in [6.45, 7) is 0.513. The number of imide groups is 1. The molecule has 1 saturated heterocycles. The molecule has 0 spiro atoms. The molecule has 0 bridgehead atoms. The number of rotatable bonds is 6. The molecular weight excluding hydrogens is 392 g/mol. The first-order valence-corrected chi connectivity index (χ1v) is 8.87. The highest BCUT2D eigenvalue weighted by atomic mass is 79.9. The van der Waals surface area contributed by atoms with E-state index in [0.29, 0.717) is 11.7 Å². The van der Waals surface area contributed by atoms with Crippen LogP contribution in [0.5, 0.6) is 0 Å². The van der Waals surface area contributed by atoms with Crippen molar-refractivity contribution in [2.75, 3.05) is 12.3 Å². The van der Waals surface area contributed by atoms with Crippen molar-refractivity contribution in [1.82, 2.24) is 4.90 Å². The number of nitrogens with zero attached hydrogens (tertiary/aromatic N) is 3. The van der Waals surface area contributed by atoms with Crippen molar-refractivity contribution in [2.45, 2.75) is 25.7 Å². The van der Waals surface area contributed by atoms with Gasteiger partial charge in [0.05, 0.1) is 17.5 Å². The number of hydrogen-bond acceptors (Lipinski definition) is 6. The van der Waals surface area contributed by atoms with Crippen molar-refractivity contribution < 1.29 is 9.59 Å². The van der Waals surface area contributed by atoms with Gasteiger partial charge in [-0.15, -0.1) is 22.1 Å². The van der Waals surface area contributed by atoms with Gasteiger partial charge in [-0.25, -0.2) is 0 Å². The van der Waals surface area contributed by atoms with Gasteiger partial charge >= 0.3 is 0 Å². The molecule has 0 saturated carbocycles. The molecule has 1 fully saturated rings. The van der Waals surface area contributed by atoms with Crippen LogP contribution in [0.15, 0.2) is 34.5 Å². The van der Waals surface area contributed by atoms with Crippen molar-refractivity contribution in [2.24, 2.45) is 27.8 Å². The highest BCUT2D eigenvalue weighted by molar-refractivity contribution is 8.93. The monoisotopic (exact) mass is 412 g/mol. The minimum atomic E-state index is -0.288. The van der Waals surface area contributed by atoms with Crippen LogP contribution in [0.1, 0.15) is 25.7 Å². The van der Waals surface area contributed by atoms with Gasteiger partial charge < -0.3 is 5.73 Å². The quantitative estimate of drug-likeness (QED) is 0.535. The largest absolute Gasteiger partial charge is 0.377 e. The highest BCUT2D eigenvalue weighted by Gasteiger charge is 2.44. The number of amides is 2. The zero-order valence-corrected chi connectivity index (χ0v) is 15.8. The van der Waals surface area contributed by atoms with E-state index in [1.807, 2.05) is 24.3 Å². The highest BCUT2D eigenvalue weighted by Crippen LogP contribution is 2.31. The Kier molecular flexibility index (Phi) is 6.79. The number of likely N-dealkylation sites (tertiary alicyclic amines) is 1. The number of thioether (sulfide) groups is 1. The summed E-state index contributed by atoms with van der Waals surface area (Å²) in [6.07, 6.45) is 11.0. The molecule has 2 heterocycles. The third kappa shape index (κ3) is 4.16. The summed E-state index contributed by atoms with van der Waals surface area (Å²) in [6, 6.07) is 0. The van der Waals surface area contributed by atoms with Gasteiger partial charge in [0.2, 0.25) is 11.8 Å². The average Bonchev–Trinajstić information content (AvgIpc) is 2.81. The van der Waals surface area contributed by atoms with Crippen molar-refractivity contribution >= 4 is 51.4 Å². The first-order valence-electron chi connectivity index (χ1n) is 7.88. The Bertz CT molecular complexity index is 600. The van der Waals surface area contributed by atoms with E-state index in [1.165, 1.54) is 16.7 Å². The van der Waals surface area contributed by atoms with E-state index in [9.17, 15) is 9.59 Å². The maximum Gasteiger partial charge on any atom is 0.237 e. The van der Waals surface area contributed by atoms with E-state index in [0.717, 1.165) is 37.1 Å². The molecule has 130 valence electrons. The summed E-state index contributed by atoms with van der Waals surface area (Å²) >= 11 is 1.51. The van der Waals surface area contributed by atoms with Gasteiger partial charge in [-0.3, -0.25) is 14.5 Å². The van der Waals surface area contributed by atoms with Crippen LogP contribution in [0.2, 0.25) is 0 Å². The fourth-order valence-electron chi connectivity index (χ4n) is 3.00. The summed E-state index contributed by atoms with van der Waals surface area (Å²) in [5.74, 6) is 0.117. The normalized spacial score (nSPS) is 25.2. The zero-order valence-electron chi connectivity index (χ0n) is 13.3. The predicted octanol–water partition coefficient (Wildman–Crippen LogP) is 2.27. The third-order valence-electron chi connectivity index (χ3n) is 4.26. The first kappa shape index (κ1) is 18.9. The summed E-state index contributed by atoms with van der Waals surface area (Å²) in [5, 5.41) is 8.47. The number of allylic oxidation sites excluding steroid dienone is 2. The first-order chi connectivity index (χ1) is 11.2. The predicted molar refractivity (Wildman–Crippen MR) is 102 cm³/mol. The molecule has 2 N–H and O–H groups in total. The Morgan fingerprint density at radius 1 is 1.08 bits per heavy atom. The Labute approximate surface area is 156 Å². The molecule has 24 heavy (non-hydrogen) atoms. The maximum absolute atomic E-state index is 12.3. The average molecular weight is 413 g/mol. The van der Waals surface area contributed by atoms with Crippen LogP contribution in [0.4, 0.5) is 0 Å². The number of carbonyl (C=O) groups excluding carboxylic acids is 2. The minimum Gasteiger partial charge on any atom is -0.377 e. The maximum atomic E-state index is 12.3. The van der Waals surface area contributed by atoms with Crippen LogP contribution in [0, 0.1) is 11.8 Å². The fourth-order valence-corrected chi connectivity index (χ4v) is 3.62. The van der Waals surface area contributed by atoms with Crippen LogP contribution in [-0.4, -0.2) is 39.9 Å². The molecule has 2 atom stereocenters. The van der Waals surface area contributed by atoms with Crippen LogP contribution in [0.25, 0.3) is 0 Å². The van der Waals surface area contributed by atoms with Gasteiger partial charge in [0.1, 0.15) is 0 Å². The van der Waals surface area contributed by atoms with E-state index >= 15 is 0 Å². The summed E-state index contributed by atoms with van der Waals surface area (Å²) < 4.78 is 0. The smallest absolute Gasteiger partial charge is 0.237 e. The molecular formula is C16H21BrN4O2S. The molecule has 0 radical (unpaired) electrons. The molecule has 6 nitrogen and oxygen atoms in total. The SMILES string of the molecule is Br.NC1=NN=C(CCCCCN2C(=O)C3C=CC=CC3C2=O)CS1. The number of unbranched alkanes of at least 4 members (excludes halogenated alkanes) is 2. The second-order valence-corrected chi connectivity index (χ2v) is 6.85. The molecule has 3 aliphatic rings. The molecule has 8 heteroatoms. The van der Waals surface area contributed by atoms with Crippen molar-refractivity contribution in [3.05, 3.63) is 24.3 Å². The van der Waals surface area contributed by atoms with Gasteiger partial charge in [0.15, 0.2) is 5.17 Å². The van der Waals surface area contributed by atoms with E-state index in [4.69, 9.17) is 5.73 Å². The van der Waals surface area contributed by atoms with E-state index in [2.05, 4.69) is 10.2 Å². The van der Waals surface area contributed by atoms with Crippen LogP contribution >= 0.6 is 28.7 Å². The Hall–Kier alpha value is -1.41. The van der Waals surface area contributed by atoms with Crippen molar-refractivity contribution in [3.63, 3.8) is 0 Å². The van der Waals surface area contributed by atoms with Gasteiger partial charge in [0, 0.05) is 12.3 Å². The fraction of sp³-hybridized carbons (Fsp3) is 0.500. The van der Waals surface area contributed by atoms with Crippen molar-refractivity contribution in [3.8, 4) is 0 Å². The lowest BCUT2D eigenvalue weighted by atomic mass is 9.91. The van der Waals surface area contributed by atoms with E-state index < -0.39 is 0 Å². The second kappa shape index (κ2) is 8.62. The van der Waals surface area contributed by atoms with Crippen LogP contribution in [0.3, 0.4) is 0 Å². The third-order valence-corrected chi connectivity index (χ3v) is 5.12. The van der Waals surface area contributed by atoms with E-state index in [-0.39, 0.29) is 40.6 Å². The van der Waals surface area contributed by atoms with Crippen LogP contribution in [-0.2, 0) is 9.59 Å². The molecule has 2 aliphatic heterocycles. The standard InChI is InChI=1S/C16H20N4O2S.BrH/c17-16-19-18-11(10-23-16)6-2-1-5-9-20-14(21)12-7-3-4-8-13(12)15(20)22;/h3-4,7-8,12-13H,1-2,5-6,9-10H2,(H2,17,19);1H. The van der Waals surface area contributed by atoms with Crippen LogP contribution < -0.4 is 5.73 Å². The Morgan fingerprint density at radius 3 is 2.33 bits per heavy atom. The molecule has 0 aromatic carbocycles. The lowest BCUT2D eigenvalue weighted by molar-refractivity contribution is -0.139. The van der Waals surface area contributed by atoms with Gasteiger partial charge in [-0.05, 0) is 19.3 Å². The topological polar surface area (TPSA) is 88.1 Å². The second-order valence-electron chi connectivity index (χ2n) is 5.85. The number of amidine groups is 1. The molecule has 3 rings (SSSR count). The molecule has 1 aliphatic carbocycles. The number of nitrogens with two attached hydrogens (primary N) is 1. The number of hydrogen-bond donors (Lipinski definition) is 1. The Morgan fingerprint density at radius 2 is 1.75 bits per heavy atom. The zero-order chi connectivity index (χ0) is 16.2. The Balaban J connectivity index is 0.00000208. The number of carbonyl (C=O) groups is 2. The van der Waals surface area contributed by atoms with Crippen molar-refractivity contribution in [1.29, 1.82) is 0 Å². The number of halogens is 1. The summed E-state index contributed by atoms with van der Waals surface area (Å²) in [7, 11) is 0. The summed E-state index contributed by atoms with van der Waals surface area (Å²) in [5.41, 5.74) is 6.60. The van der Waals surface area contributed by atoms with Gasteiger partial charge in [-0.2, -0.15) is 5.10 Å². The number of fused-ring (bicyclic) bond motifs is 1. The van der Waals surface area contributed by atoms with E-state index in [1.54, 1.807) is 0 Å². The molecule has 0 aromatic rings.